The van der Waals surface area contributed by atoms with Gasteiger partial charge in [-0.3, -0.25) is 4.79 Å². The van der Waals surface area contributed by atoms with E-state index >= 15 is 0 Å². The van der Waals surface area contributed by atoms with Gasteiger partial charge in [0.25, 0.3) is 0 Å². The van der Waals surface area contributed by atoms with Crippen LogP contribution in [0.1, 0.15) is 47.7 Å². The van der Waals surface area contributed by atoms with Crippen molar-refractivity contribution in [3.8, 4) is 5.75 Å². The molecule has 3 rings (SSSR count). The molecule has 0 aromatic heterocycles. The summed E-state index contributed by atoms with van der Waals surface area (Å²) in [6.45, 7) is 4.70. The first kappa shape index (κ1) is 20.8. The molecule has 1 N–H and O–H groups in total. The van der Waals surface area contributed by atoms with Crippen LogP contribution in [0.25, 0.3) is 0 Å². The molecule has 2 aromatic rings. The van der Waals surface area contributed by atoms with Crippen LogP contribution >= 0.6 is 11.6 Å². The molecule has 2 atom stereocenters. The smallest absolute Gasteiger partial charge is 0.168 e. The third-order valence-corrected chi connectivity index (χ3v) is 5.52. The molecule has 4 nitrogen and oxygen atoms in total. The maximum atomic E-state index is 13.1. The number of hydrogen-bond acceptors (Lipinski definition) is 4. The van der Waals surface area contributed by atoms with Gasteiger partial charge >= 0.3 is 0 Å². The lowest BCUT2D eigenvalue weighted by atomic mass is 9.66. The van der Waals surface area contributed by atoms with E-state index in [0.29, 0.717) is 22.9 Å². The zero-order valence-corrected chi connectivity index (χ0v) is 17.7. The molecule has 0 fully saturated rings. The predicted molar refractivity (Wildman–Crippen MR) is 113 cm³/mol. The number of fused-ring (bicyclic) bond motifs is 1. The minimum Gasteiger partial charge on any atom is -0.491 e. The Hall–Kier alpha value is -1.88. The first-order chi connectivity index (χ1) is 13.2. The summed E-state index contributed by atoms with van der Waals surface area (Å²) in [4.78, 5) is 15.0. The first-order valence-electron chi connectivity index (χ1n) is 9.57. The van der Waals surface area contributed by atoms with E-state index < -0.39 is 11.5 Å². The molecule has 2 aromatic carbocycles. The fraction of sp³-hybridized carbons (Fsp3) is 0.435. The third-order valence-electron chi connectivity index (χ3n) is 5.26. The van der Waals surface area contributed by atoms with Gasteiger partial charge in [-0.15, -0.1) is 0 Å². The number of carbonyl (C=O) groups is 1. The molecule has 0 saturated heterocycles. The molecule has 1 aliphatic rings. The van der Waals surface area contributed by atoms with Crippen LogP contribution in [0.15, 0.2) is 42.5 Å². The third kappa shape index (κ3) is 4.57. The van der Waals surface area contributed by atoms with Gasteiger partial charge in [0, 0.05) is 28.5 Å². The van der Waals surface area contributed by atoms with E-state index in [2.05, 4.69) is 0 Å². The van der Waals surface area contributed by atoms with Crippen molar-refractivity contribution in [2.45, 2.75) is 32.3 Å². The van der Waals surface area contributed by atoms with Gasteiger partial charge < -0.3 is 14.7 Å². The Morgan fingerprint density at radius 1 is 1.21 bits per heavy atom. The van der Waals surface area contributed by atoms with Gasteiger partial charge in [-0.1, -0.05) is 43.6 Å². The summed E-state index contributed by atoms with van der Waals surface area (Å²) in [6, 6.07) is 13.5. The molecule has 0 radical (unpaired) electrons. The fourth-order valence-corrected chi connectivity index (χ4v) is 3.99. The van der Waals surface area contributed by atoms with Gasteiger partial charge in [0.15, 0.2) is 5.78 Å². The molecular formula is C23H28ClNO3. The SMILES string of the molecule is CN(C)CC(O)COc1ccc2c(c1)C(=O)C(C)(C)CC2c1ccc(Cl)cc1. The average molecular weight is 402 g/mol. The number of benzene rings is 2. The molecule has 0 aliphatic heterocycles. The van der Waals surface area contributed by atoms with Crippen molar-refractivity contribution in [1.82, 2.24) is 4.90 Å². The molecule has 0 saturated carbocycles. The van der Waals surface area contributed by atoms with Crippen LogP contribution in [-0.2, 0) is 0 Å². The molecule has 0 heterocycles. The van der Waals surface area contributed by atoms with Crippen molar-refractivity contribution >= 4 is 17.4 Å². The largest absolute Gasteiger partial charge is 0.491 e. The zero-order chi connectivity index (χ0) is 20.5. The molecule has 0 spiro atoms. The fourth-order valence-electron chi connectivity index (χ4n) is 3.86. The number of ether oxygens (including phenoxy) is 1. The molecule has 5 heteroatoms. The lowest BCUT2D eigenvalue weighted by Crippen LogP contribution is -2.33. The number of nitrogens with zero attached hydrogens (tertiary/aromatic N) is 1. The maximum absolute atomic E-state index is 13.1. The van der Waals surface area contributed by atoms with Crippen LogP contribution in [0.3, 0.4) is 0 Å². The lowest BCUT2D eigenvalue weighted by Gasteiger charge is -2.36. The topological polar surface area (TPSA) is 49.8 Å². The number of carbonyl (C=O) groups excluding carboxylic acids is 1. The van der Waals surface area contributed by atoms with Crippen LogP contribution in [-0.4, -0.2) is 49.1 Å². The van der Waals surface area contributed by atoms with Crippen molar-refractivity contribution in [2.75, 3.05) is 27.2 Å². The van der Waals surface area contributed by atoms with Gasteiger partial charge in [-0.25, -0.2) is 0 Å². The number of ketones is 1. The summed E-state index contributed by atoms with van der Waals surface area (Å²) in [5, 5.41) is 10.7. The van der Waals surface area contributed by atoms with E-state index in [-0.39, 0.29) is 18.3 Å². The number of rotatable bonds is 6. The molecule has 150 valence electrons. The van der Waals surface area contributed by atoms with Crippen LogP contribution < -0.4 is 4.74 Å². The number of aliphatic hydroxyl groups is 1. The molecule has 0 bridgehead atoms. The normalized spacial score (nSPS) is 19.4. The Balaban J connectivity index is 1.89. The number of aliphatic hydroxyl groups excluding tert-OH is 1. The molecular weight excluding hydrogens is 374 g/mol. The van der Waals surface area contributed by atoms with Crippen molar-refractivity contribution in [3.05, 3.63) is 64.2 Å². The highest BCUT2D eigenvalue weighted by molar-refractivity contribution is 6.30. The van der Waals surface area contributed by atoms with Crippen LogP contribution in [0.2, 0.25) is 5.02 Å². The second kappa shape index (κ2) is 8.24. The Bertz CT molecular complexity index is 845. The number of hydrogen-bond donors (Lipinski definition) is 1. The standard InChI is InChI=1S/C23H28ClNO3/c1-23(2)12-21(15-5-7-16(24)8-6-15)19-10-9-18(11-20(19)22(23)27)28-14-17(26)13-25(3)4/h5-11,17,21,26H,12-14H2,1-4H3. The van der Waals surface area contributed by atoms with Gasteiger partial charge in [-0.05, 0) is 55.9 Å². The van der Waals surface area contributed by atoms with Gasteiger partial charge in [-0.2, -0.15) is 0 Å². The summed E-state index contributed by atoms with van der Waals surface area (Å²) in [5.41, 5.74) is 2.42. The van der Waals surface area contributed by atoms with Crippen LogP contribution in [0, 0.1) is 5.41 Å². The lowest BCUT2D eigenvalue weighted by molar-refractivity contribution is 0.0794. The Morgan fingerprint density at radius 2 is 1.89 bits per heavy atom. The summed E-state index contributed by atoms with van der Waals surface area (Å²) in [7, 11) is 3.81. The summed E-state index contributed by atoms with van der Waals surface area (Å²) in [6.07, 6.45) is 0.169. The Labute approximate surface area is 172 Å². The van der Waals surface area contributed by atoms with Crippen molar-refractivity contribution in [1.29, 1.82) is 0 Å². The highest BCUT2D eigenvalue weighted by atomic mass is 35.5. The van der Waals surface area contributed by atoms with Gasteiger partial charge in [0.1, 0.15) is 18.5 Å². The van der Waals surface area contributed by atoms with E-state index in [0.717, 1.165) is 17.5 Å². The van der Waals surface area contributed by atoms with Crippen LogP contribution in [0.5, 0.6) is 5.75 Å². The first-order valence-corrected chi connectivity index (χ1v) is 9.95. The van der Waals surface area contributed by atoms with Crippen molar-refractivity contribution < 1.29 is 14.6 Å². The molecule has 28 heavy (non-hydrogen) atoms. The predicted octanol–water partition coefficient (Wildman–Crippen LogP) is 4.39. The van der Waals surface area contributed by atoms with Crippen molar-refractivity contribution in [2.24, 2.45) is 5.41 Å². The summed E-state index contributed by atoms with van der Waals surface area (Å²) < 4.78 is 5.76. The number of halogens is 1. The second-order valence-corrected chi connectivity index (χ2v) is 8.93. The number of Topliss-reactive ketones (excluding diaryl/α,β-unsaturated/α-hetero) is 1. The quantitative estimate of drug-likeness (QED) is 0.780. The second-order valence-electron chi connectivity index (χ2n) is 8.50. The van der Waals surface area contributed by atoms with E-state index in [1.54, 1.807) is 0 Å². The number of likely N-dealkylation sites (N-methyl/N-ethyl adjacent to an activating group) is 1. The molecule has 1 aliphatic carbocycles. The van der Waals surface area contributed by atoms with Crippen LogP contribution in [0.4, 0.5) is 0 Å². The van der Waals surface area contributed by atoms with E-state index in [4.69, 9.17) is 16.3 Å². The Morgan fingerprint density at radius 3 is 2.54 bits per heavy atom. The monoisotopic (exact) mass is 401 g/mol. The average Bonchev–Trinajstić information content (AvgIpc) is 2.63. The Kier molecular flexibility index (Phi) is 6.13. The maximum Gasteiger partial charge on any atom is 0.168 e. The molecule has 2 unspecified atom stereocenters. The minimum atomic E-state index is -0.583. The summed E-state index contributed by atoms with van der Waals surface area (Å²) in [5.74, 6) is 0.873. The zero-order valence-electron chi connectivity index (χ0n) is 16.9. The summed E-state index contributed by atoms with van der Waals surface area (Å²) >= 11 is 6.05. The van der Waals surface area contributed by atoms with Crippen molar-refractivity contribution in [3.63, 3.8) is 0 Å². The van der Waals surface area contributed by atoms with Gasteiger partial charge in [0.2, 0.25) is 0 Å². The molecule has 0 amide bonds. The van der Waals surface area contributed by atoms with E-state index in [9.17, 15) is 9.90 Å². The van der Waals surface area contributed by atoms with E-state index in [1.165, 1.54) is 0 Å². The van der Waals surface area contributed by atoms with Gasteiger partial charge in [0.05, 0.1) is 0 Å². The highest BCUT2D eigenvalue weighted by Crippen LogP contribution is 2.46. The van der Waals surface area contributed by atoms with E-state index in [1.807, 2.05) is 75.3 Å². The highest BCUT2D eigenvalue weighted by Gasteiger charge is 2.40. The minimum absolute atomic E-state index is 0.131.